The van der Waals surface area contributed by atoms with Gasteiger partial charge in [0.2, 0.25) is 11.2 Å². The van der Waals surface area contributed by atoms with Crippen molar-refractivity contribution in [3.63, 3.8) is 0 Å². The van der Waals surface area contributed by atoms with Crippen LogP contribution in [0.2, 0.25) is 0 Å². The van der Waals surface area contributed by atoms with E-state index in [1.807, 2.05) is 0 Å². The van der Waals surface area contributed by atoms with Crippen LogP contribution in [0, 0.1) is 13.8 Å². The number of phenolic OH excluding ortho intramolecular Hbond substituents is 1. The lowest BCUT2D eigenvalue weighted by atomic mass is 10.1. The van der Waals surface area contributed by atoms with E-state index in [1.54, 1.807) is 32.0 Å². The zero-order valence-corrected chi connectivity index (χ0v) is 20.6. The normalized spacial score (nSPS) is 12.0. The molecule has 2 aromatic carbocycles. The van der Waals surface area contributed by atoms with E-state index in [9.17, 15) is 23.1 Å². The summed E-state index contributed by atoms with van der Waals surface area (Å²) in [6.45, 7) is 9.17. The summed E-state index contributed by atoms with van der Waals surface area (Å²) in [7, 11) is 0. The van der Waals surface area contributed by atoms with Crippen molar-refractivity contribution in [3.8, 4) is 17.2 Å². The van der Waals surface area contributed by atoms with E-state index in [4.69, 9.17) is 9.15 Å². The van der Waals surface area contributed by atoms with Gasteiger partial charge >= 0.3 is 6.18 Å². The summed E-state index contributed by atoms with van der Waals surface area (Å²) in [4.78, 5) is 15.4. The monoisotopic (exact) mass is 491 g/mol. The first-order chi connectivity index (χ1) is 16.6. The molecule has 35 heavy (non-hydrogen) atoms. The average Bonchev–Trinajstić information content (AvgIpc) is 2.80. The lowest BCUT2D eigenvalue weighted by Gasteiger charge is -2.23. The Hall–Kier alpha value is -3.00. The third-order valence-electron chi connectivity index (χ3n) is 5.95. The number of phenols is 1. The Morgan fingerprint density at radius 1 is 1.03 bits per heavy atom. The van der Waals surface area contributed by atoms with Crippen molar-refractivity contribution in [3.05, 3.63) is 63.0 Å². The molecule has 0 saturated carbocycles. The first-order valence-corrected chi connectivity index (χ1v) is 11.9. The maximum atomic E-state index is 14.1. The van der Waals surface area contributed by atoms with Crippen LogP contribution in [0.3, 0.4) is 0 Å². The second kappa shape index (κ2) is 11.2. The van der Waals surface area contributed by atoms with Gasteiger partial charge in [0.25, 0.3) is 5.76 Å². The molecule has 0 aliphatic rings. The van der Waals surface area contributed by atoms with Crippen LogP contribution in [0.4, 0.5) is 13.2 Å². The van der Waals surface area contributed by atoms with Gasteiger partial charge in [-0.1, -0.05) is 38.8 Å². The van der Waals surface area contributed by atoms with Gasteiger partial charge in [-0.05, 0) is 69.1 Å². The number of unbranched alkanes of at least 4 members (excludes halogenated alkanes) is 2. The van der Waals surface area contributed by atoms with Gasteiger partial charge in [0.1, 0.15) is 17.1 Å². The molecule has 8 heteroatoms. The number of hydrogen-bond acceptors (Lipinski definition) is 5. The minimum Gasteiger partial charge on any atom is -0.507 e. The SMILES string of the molecule is CCCCN(CCCC)Cc1c(O)ccc2c(=O)c(Oc3cc(C)ccc3C)c(C(F)(F)F)oc12. The van der Waals surface area contributed by atoms with Crippen LogP contribution in [-0.2, 0) is 12.7 Å². The molecule has 0 unspecified atom stereocenters. The van der Waals surface area contributed by atoms with E-state index in [0.29, 0.717) is 5.56 Å². The molecule has 0 aliphatic carbocycles. The zero-order chi connectivity index (χ0) is 25.8. The highest BCUT2D eigenvalue weighted by molar-refractivity contribution is 5.83. The van der Waals surface area contributed by atoms with Crippen LogP contribution in [0.15, 0.2) is 39.5 Å². The van der Waals surface area contributed by atoms with E-state index in [1.165, 1.54) is 12.1 Å². The number of fused-ring (bicyclic) bond motifs is 1. The van der Waals surface area contributed by atoms with Crippen molar-refractivity contribution < 1.29 is 27.4 Å². The van der Waals surface area contributed by atoms with E-state index in [-0.39, 0.29) is 34.6 Å². The summed E-state index contributed by atoms with van der Waals surface area (Å²) < 4.78 is 53.2. The van der Waals surface area contributed by atoms with Crippen LogP contribution >= 0.6 is 0 Å². The fraction of sp³-hybridized carbons (Fsp3) is 0.444. The number of aromatic hydroxyl groups is 1. The largest absolute Gasteiger partial charge is 0.507 e. The van der Waals surface area contributed by atoms with Crippen molar-refractivity contribution in [2.45, 2.75) is 66.1 Å². The highest BCUT2D eigenvalue weighted by atomic mass is 19.4. The van der Waals surface area contributed by atoms with Gasteiger partial charge in [0.15, 0.2) is 0 Å². The van der Waals surface area contributed by atoms with Gasteiger partial charge in [-0.3, -0.25) is 9.69 Å². The molecular weight excluding hydrogens is 459 g/mol. The molecule has 3 aromatic rings. The van der Waals surface area contributed by atoms with Crippen LogP contribution in [0.5, 0.6) is 17.2 Å². The smallest absolute Gasteiger partial charge is 0.453 e. The fourth-order valence-electron chi connectivity index (χ4n) is 3.90. The topological polar surface area (TPSA) is 62.9 Å². The first kappa shape index (κ1) is 26.6. The number of alkyl halides is 3. The van der Waals surface area contributed by atoms with Gasteiger partial charge in [-0.25, -0.2) is 0 Å². The first-order valence-electron chi connectivity index (χ1n) is 11.9. The molecule has 0 bridgehead atoms. The van der Waals surface area contributed by atoms with Crippen molar-refractivity contribution in [2.24, 2.45) is 0 Å². The second-order valence-electron chi connectivity index (χ2n) is 8.88. The molecule has 1 aromatic heterocycles. The standard InChI is InChI=1S/C27H32F3NO4/c1-5-7-13-31(14-8-6-2)16-20-21(32)12-11-19-23(33)25(26(27(28,29)30)35-24(19)20)34-22-15-17(3)9-10-18(22)4/h9-12,15,32H,5-8,13-14,16H2,1-4H3. The highest BCUT2D eigenvalue weighted by Crippen LogP contribution is 2.40. The molecule has 0 atom stereocenters. The van der Waals surface area contributed by atoms with Crippen molar-refractivity contribution in [1.82, 2.24) is 4.90 Å². The molecule has 5 nitrogen and oxygen atoms in total. The summed E-state index contributed by atoms with van der Waals surface area (Å²) in [6.07, 6.45) is -1.26. The Bertz CT molecular complexity index is 1230. The third-order valence-corrected chi connectivity index (χ3v) is 5.95. The fourth-order valence-corrected chi connectivity index (χ4v) is 3.90. The van der Waals surface area contributed by atoms with Gasteiger partial charge in [-0.2, -0.15) is 13.2 Å². The van der Waals surface area contributed by atoms with Gasteiger partial charge in [0.05, 0.1) is 10.9 Å². The van der Waals surface area contributed by atoms with Crippen molar-refractivity contribution >= 4 is 11.0 Å². The molecule has 0 aliphatic heterocycles. The third kappa shape index (κ3) is 6.17. The summed E-state index contributed by atoms with van der Waals surface area (Å²) in [6, 6.07) is 7.67. The maximum absolute atomic E-state index is 14.1. The lowest BCUT2D eigenvalue weighted by Crippen LogP contribution is -2.26. The Kier molecular flexibility index (Phi) is 8.48. The molecule has 0 fully saturated rings. The Morgan fingerprint density at radius 3 is 2.29 bits per heavy atom. The van der Waals surface area contributed by atoms with Crippen molar-refractivity contribution in [2.75, 3.05) is 13.1 Å². The Labute approximate surface area is 203 Å². The number of nitrogens with zero attached hydrogens (tertiary/aromatic N) is 1. The number of ether oxygens (including phenoxy) is 1. The number of halogens is 3. The molecule has 0 amide bonds. The molecule has 0 spiro atoms. The Morgan fingerprint density at radius 2 is 1.69 bits per heavy atom. The number of rotatable bonds is 10. The predicted octanol–water partition coefficient (Wildman–Crippen LogP) is 7.33. The Balaban J connectivity index is 2.18. The minimum absolute atomic E-state index is 0.0722. The van der Waals surface area contributed by atoms with E-state index < -0.39 is 23.1 Å². The molecule has 1 N–H and O–H groups in total. The highest BCUT2D eigenvalue weighted by Gasteiger charge is 2.41. The summed E-state index contributed by atoms with van der Waals surface area (Å²) >= 11 is 0. The maximum Gasteiger partial charge on any atom is 0.453 e. The van der Waals surface area contributed by atoms with E-state index >= 15 is 0 Å². The summed E-state index contributed by atoms with van der Waals surface area (Å²) in [5.41, 5.74) is 0.312. The summed E-state index contributed by atoms with van der Waals surface area (Å²) in [5, 5.41) is 10.5. The summed E-state index contributed by atoms with van der Waals surface area (Å²) in [5.74, 6) is -2.50. The van der Waals surface area contributed by atoms with Gasteiger partial charge in [0, 0.05) is 6.54 Å². The van der Waals surface area contributed by atoms with Crippen LogP contribution in [-0.4, -0.2) is 23.1 Å². The molecule has 0 radical (unpaired) electrons. The molecule has 1 heterocycles. The molecular formula is C27H32F3NO4. The van der Waals surface area contributed by atoms with E-state index in [2.05, 4.69) is 18.7 Å². The molecule has 190 valence electrons. The zero-order valence-electron chi connectivity index (χ0n) is 20.6. The van der Waals surface area contributed by atoms with Crippen LogP contribution in [0.1, 0.15) is 62.0 Å². The second-order valence-corrected chi connectivity index (χ2v) is 8.88. The van der Waals surface area contributed by atoms with Crippen molar-refractivity contribution in [1.29, 1.82) is 0 Å². The number of aryl methyl sites for hydroxylation is 2. The van der Waals surface area contributed by atoms with Gasteiger partial charge < -0.3 is 14.3 Å². The molecule has 3 rings (SSSR count). The van der Waals surface area contributed by atoms with Crippen LogP contribution in [0.25, 0.3) is 11.0 Å². The quantitative estimate of drug-likeness (QED) is 0.322. The number of hydrogen-bond donors (Lipinski definition) is 1. The predicted molar refractivity (Wildman–Crippen MR) is 130 cm³/mol. The van der Waals surface area contributed by atoms with Gasteiger partial charge in [-0.15, -0.1) is 0 Å². The average molecular weight is 492 g/mol. The lowest BCUT2D eigenvalue weighted by molar-refractivity contribution is -0.154. The minimum atomic E-state index is -4.98. The van der Waals surface area contributed by atoms with Crippen LogP contribution < -0.4 is 10.2 Å². The number of benzene rings is 2. The molecule has 0 saturated heterocycles. The van der Waals surface area contributed by atoms with E-state index in [0.717, 1.165) is 44.3 Å².